The molecule has 2 aromatic rings. The fourth-order valence-electron chi connectivity index (χ4n) is 1.43. The summed E-state index contributed by atoms with van der Waals surface area (Å²) in [6.07, 6.45) is 1.74. The van der Waals surface area contributed by atoms with Crippen LogP contribution in [0.2, 0.25) is 0 Å². The third-order valence-electron chi connectivity index (χ3n) is 2.28. The first-order valence-electron chi connectivity index (χ1n) is 4.04. The summed E-state index contributed by atoms with van der Waals surface area (Å²) in [5, 5.41) is 9.73. The number of nitrogens with zero attached hydrogens (tertiary/aromatic N) is 3. The minimum Gasteiger partial charge on any atom is -0.347 e. The van der Waals surface area contributed by atoms with Gasteiger partial charge in [-0.3, -0.25) is 0 Å². The Labute approximate surface area is 76.2 Å². The first kappa shape index (κ1) is 7.81. The smallest absolute Gasteiger partial charge is 0.141 e. The molecule has 0 aliphatic carbocycles. The lowest BCUT2D eigenvalue weighted by atomic mass is 10.2. The Bertz CT molecular complexity index is 503. The lowest BCUT2D eigenvalue weighted by Gasteiger charge is -1.96. The molecule has 2 rings (SSSR count). The number of pyridine rings is 1. The van der Waals surface area contributed by atoms with Gasteiger partial charge in [-0.1, -0.05) is 0 Å². The van der Waals surface area contributed by atoms with Gasteiger partial charge in [-0.15, -0.1) is 0 Å². The van der Waals surface area contributed by atoms with E-state index in [0.717, 1.165) is 10.9 Å². The van der Waals surface area contributed by atoms with Crippen molar-refractivity contribution in [1.82, 2.24) is 9.55 Å². The van der Waals surface area contributed by atoms with E-state index in [4.69, 9.17) is 5.26 Å². The monoisotopic (exact) mass is 171 g/mol. The Kier molecular flexibility index (Phi) is 1.56. The molecule has 0 bridgehead atoms. The molecule has 0 amide bonds. The second kappa shape index (κ2) is 2.60. The molecule has 0 aliphatic heterocycles. The van der Waals surface area contributed by atoms with Crippen molar-refractivity contribution in [2.75, 3.05) is 0 Å². The standard InChI is InChI=1S/C10H9N3/c1-7-3-8-4-9(5-11)12-6-10(8)13(7)2/h3-4,6H,1-2H3. The first-order chi connectivity index (χ1) is 6.22. The lowest BCUT2D eigenvalue weighted by Crippen LogP contribution is -1.90. The summed E-state index contributed by atoms with van der Waals surface area (Å²) < 4.78 is 2.06. The van der Waals surface area contributed by atoms with E-state index in [1.54, 1.807) is 6.20 Å². The van der Waals surface area contributed by atoms with Gasteiger partial charge in [0, 0.05) is 18.1 Å². The molecular formula is C10H9N3. The van der Waals surface area contributed by atoms with E-state index in [2.05, 4.69) is 15.6 Å². The maximum absolute atomic E-state index is 8.65. The van der Waals surface area contributed by atoms with Crippen molar-refractivity contribution in [3.05, 3.63) is 29.7 Å². The van der Waals surface area contributed by atoms with E-state index in [0.29, 0.717) is 5.69 Å². The molecule has 0 N–H and O–H groups in total. The van der Waals surface area contributed by atoms with Gasteiger partial charge in [-0.05, 0) is 19.1 Å². The second-order valence-electron chi connectivity index (χ2n) is 3.08. The van der Waals surface area contributed by atoms with E-state index in [-0.39, 0.29) is 0 Å². The highest BCUT2D eigenvalue weighted by Gasteiger charge is 2.02. The summed E-state index contributed by atoms with van der Waals surface area (Å²) in [5.41, 5.74) is 2.71. The average molecular weight is 171 g/mol. The third-order valence-corrected chi connectivity index (χ3v) is 2.28. The van der Waals surface area contributed by atoms with Crippen molar-refractivity contribution < 1.29 is 0 Å². The minimum absolute atomic E-state index is 0.470. The van der Waals surface area contributed by atoms with E-state index >= 15 is 0 Å². The number of nitriles is 1. The summed E-state index contributed by atoms with van der Waals surface area (Å²) in [6, 6.07) is 5.89. The van der Waals surface area contributed by atoms with Crippen LogP contribution >= 0.6 is 0 Å². The molecule has 0 spiro atoms. The third kappa shape index (κ3) is 1.07. The Balaban J connectivity index is 2.82. The molecule has 0 saturated heterocycles. The molecule has 0 radical (unpaired) electrons. The summed E-state index contributed by atoms with van der Waals surface area (Å²) >= 11 is 0. The van der Waals surface area contributed by atoms with Crippen LogP contribution in [0.4, 0.5) is 0 Å². The van der Waals surface area contributed by atoms with Gasteiger partial charge in [0.2, 0.25) is 0 Å². The van der Waals surface area contributed by atoms with E-state index in [1.165, 1.54) is 5.69 Å². The van der Waals surface area contributed by atoms with Crippen LogP contribution in [-0.4, -0.2) is 9.55 Å². The lowest BCUT2D eigenvalue weighted by molar-refractivity contribution is 0.915. The molecular weight excluding hydrogens is 162 g/mol. The van der Waals surface area contributed by atoms with Crippen molar-refractivity contribution in [2.24, 2.45) is 7.05 Å². The quantitative estimate of drug-likeness (QED) is 0.606. The number of aromatic nitrogens is 2. The summed E-state index contributed by atoms with van der Waals surface area (Å²) in [6.45, 7) is 2.03. The van der Waals surface area contributed by atoms with Crippen LogP contribution in [0.15, 0.2) is 18.3 Å². The number of fused-ring (bicyclic) bond motifs is 1. The number of hydrogen-bond donors (Lipinski definition) is 0. The molecule has 64 valence electrons. The predicted molar refractivity (Wildman–Crippen MR) is 50.2 cm³/mol. The van der Waals surface area contributed by atoms with E-state index < -0.39 is 0 Å². The maximum atomic E-state index is 8.65. The van der Waals surface area contributed by atoms with Crippen molar-refractivity contribution in [3.8, 4) is 6.07 Å². The van der Waals surface area contributed by atoms with Crippen LogP contribution in [0.1, 0.15) is 11.4 Å². The molecule has 2 heterocycles. The molecule has 13 heavy (non-hydrogen) atoms. The van der Waals surface area contributed by atoms with Gasteiger partial charge >= 0.3 is 0 Å². The number of aryl methyl sites for hydroxylation is 2. The molecule has 0 aliphatic rings. The number of hydrogen-bond acceptors (Lipinski definition) is 2. The van der Waals surface area contributed by atoms with Gasteiger partial charge in [0.05, 0.1) is 11.7 Å². The topological polar surface area (TPSA) is 41.6 Å². The van der Waals surface area contributed by atoms with Crippen molar-refractivity contribution in [3.63, 3.8) is 0 Å². The van der Waals surface area contributed by atoms with Gasteiger partial charge < -0.3 is 4.57 Å². The Morgan fingerprint density at radius 3 is 2.92 bits per heavy atom. The molecule has 0 saturated carbocycles. The molecule has 3 heteroatoms. The first-order valence-corrected chi connectivity index (χ1v) is 4.04. The zero-order valence-corrected chi connectivity index (χ0v) is 7.57. The van der Waals surface area contributed by atoms with Crippen LogP contribution in [0.5, 0.6) is 0 Å². The van der Waals surface area contributed by atoms with Gasteiger partial charge in [0.1, 0.15) is 11.8 Å². The highest BCUT2D eigenvalue weighted by atomic mass is 14.9. The highest BCUT2D eigenvalue weighted by molar-refractivity contribution is 5.81. The summed E-state index contributed by atoms with van der Waals surface area (Å²) in [7, 11) is 1.99. The Morgan fingerprint density at radius 2 is 2.23 bits per heavy atom. The number of rotatable bonds is 0. The zero-order valence-electron chi connectivity index (χ0n) is 7.57. The van der Waals surface area contributed by atoms with Gasteiger partial charge in [-0.25, -0.2) is 4.98 Å². The second-order valence-corrected chi connectivity index (χ2v) is 3.08. The van der Waals surface area contributed by atoms with Gasteiger partial charge in [0.15, 0.2) is 0 Å². The zero-order chi connectivity index (χ0) is 9.42. The molecule has 0 atom stereocenters. The summed E-state index contributed by atoms with van der Waals surface area (Å²) in [5.74, 6) is 0. The maximum Gasteiger partial charge on any atom is 0.141 e. The van der Waals surface area contributed by atoms with Crippen LogP contribution in [0.25, 0.3) is 10.9 Å². The van der Waals surface area contributed by atoms with E-state index in [9.17, 15) is 0 Å². The fourth-order valence-corrected chi connectivity index (χ4v) is 1.43. The van der Waals surface area contributed by atoms with Crippen LogP contribution in [0.3, 0.4) is 0 Å². The van der Waals surface area contributed by atoms with Crippen molar-refractivity contribution in [1.29, 1.82) is 5.26 Å². The van der Waals surface area contributed by atoms with E-state index in [1.807, 2.05) is 26.1 Å². The van der Waals surface area contributed by atoms with Gasteiger partial charge in [0.25, 0.3) is 0 Å². The van der Waals surface area contributed by atoms with Crippen LogP contribution < -0.4 is 0 Å². The minimum atomic E-state index is 0.470. The predicted octanol–water partition coefficient (Wildman–Crippen LogP) is 1.75. The van der Waals surface area contributed by atoms with Crippen molar-refractivity contribution >= 4 is 10.9 Å². The molecule has 0 unspecified atom stereocenters. The normalized spacial score (nSPS) is 10.2. The SMILES string of the molecule is Cc1cc2cc(C#N)ncc2n1C. The summed E-state index contributed by atoms with van der Waals surface area (Å²) in [4.78, 5) is 4.02. The van der Waals surface area contributed by atoms with Crippen LogP contribution in [-0.2, 0) is 7.05 Å². The molecule has 0 fully saturated rings. The molecule has 3 nitrogen and oxygen atoms in total. The highest BCUT2D eigenvalue weighted by Crippen LogP contribution is 2.17. The Morgan fingerprint density at radius 1 is 1.46 bits per heavy atom. The van der Waals surface area contributed by atoms with Gasteiger partial charge in [-0.2, -0.15) is 5.26 Å². The molecule has 2 aromatic heterocycles. The fraction of sp³-hybridized carbons (Fsp3) is 0.200. The van der Waals surface area contributed by atoms with Crippen LogP contribution in [0, 0.1) is 18.3 Å². The van der Waals surface area contributed by atoms with Crippen molar-refractivity contribution in [2.45, 2.75) is 6.92 Å². The molecule has 0 aromatic carbocycles. The Hall–Kier alpha value is -1.82. The average Bonchev–Trinajstić information content (AvgIpc) is 2.42. The largest absolute Gasteiger partial charge is 0.347 e.